The summed E-state index contributed by atoms with van der Waals surface area (Å²) in [6.07, 6.45) is -3.86. The van der Waals surface area contributed by atoms with Gasteiger partial charge in [-0.3, -0.25) is 4.57 Å². The van der Waals surface area contributed by atoms with Crippen LogP contribution in [-0.4, -0.2) is 71.9 Å². The average molecular weight is 329 g/mol. The van der Waals surface area contributed by atoms with Crippen LogP contribution in [0.2, 0.25) is 0 Å². The minimum Gasteiger partial charge on any atom is -0.477 e. The van der Waals surface area contributed by atoms with Crippen molar-refractivity contribution in [3.63, 3.8) is 0 Å². The molecule has 1 unspecified atom stereocenters. The zero-order valence-corrected chi connectivity index (χ0v) is 11.6. The second-order valence-corrected chi connectivity index (χ2v) is 5.18. The molecule has 0 bridgehead atoms. The number of anilines is 1. The average Bonchev–Trinajstić information content (AvgIpc) is 3.02. The van der Waals surface area contributed by atoms with Crippen molar-refractivity contribution in [2.24, 2.45) is 10.7 Å². The lowest BCUT2D eigenvalue weighted by Crippen LogP contribution is -2.43. The van der Waals surface area contributed by atoms with Gasteiger partial charge in [-0.2, -0.15) is 0 Å². The maximum Gasteiger partial charge on any atom is 0.366 e. The van der Waals surface area contributed by atoms with E-state index in [9.17, 15) is 20.1 Å². The van der Waals surface area contributed by atoms with Crippen LogP contribution in [0.25, 0.3) is 0 Å². The number of guanidine groups is 1. The van der Waals surface area contributed by atoms with Crippen molar-refractivity contribution in [2.75, 3.05) is 11.9 Å². The number of hydrogen-bond donors (Lipinski definition) is 7. The predicted molar refractivity (Wildman–Crippen MR) is 72.0 cm³/mol. The molecule has 2 aliphatic heterocycles. The molecule has 23 heavy (non-hydrogen) atoms. The molecule has 0 aliphatic carbocycles. The van der Waals surface area contributed by atoms with Crippen molar-refractivity contribution >= 4 is 17.7 Å². The molecule has 1 aromatic heterocycles. The molecule has 126 valence electrons. The second-order valence-electron chi connectivity index (χ2n) is 5.18. The fourth-order valence-corrected chi connectivity index (χ4v) is 2.57. The summed E-state index contributed by atoms with van der Waals surface area (Å²) in [4.78, 5) is 18.5. The van der Waals surface area contributed by atoms with E-state index < -0.39 is 42.8 Å². The molecule has 5 atom stereocenters. The van der Waals surface area contributed by atoms with Crippen molar-refractivity contribution in [1.82, 2.24) is 9.55 Å². The van der Waals surface area contributed by atoms with Gasteiger partial charge in [-0.1, -0.05) is 0 Å². The third kappa shape index (κ3) is 2.15. The quantitative estimate of drug-likeness (QED) is 0.292. The molecule has 0 spiro atoms. The van der Waals surface area contributed by atoms with E-state index in [1.165, 1.54) is 0 Å². The number of imidazole rings is 1. The number of aliphatic hydroxyl groups excluding tert-OH is 3. The topological polar surface area (TPSA) is 196 Å². The molecule has 1 fully saturated rings. The van der Waals surface area contributed by atoms with Crippen molar-refractivity contribution in [1.29, 1.82) is 0 Å². The summed E-state index contributed by atoms with van der Waals surface area (Å²) in [5.74, 6) is -2.12. The summed E-state index contributed by atoms with van der Waals surface area (Å²) in [5, 5.41) is 50.8. The van der Waals surface area contributed by atoms with Crippen LogP contribution in [0.15, 0.2) is 11.3 Å². The van der Waals surface area contributed by atoms with Crippen LogP contribution in [-0.2, 0) is 15.3 Å². The van der Waals surface area contributed by atoms with Gasteiger partial charge in [-0.25, -0.2) is 14.8 Å². The first-order valence-corrected chi connectivity index (χ1v) is 6.57. The highest BCUT2D eigenvalue weighted by Crippen LogP contribution is 2.37. The number of rotatable bonds is 3. The number of nitrogens with zero attached hydrogens (tertiary/aromatic N) is 3. The first-order valence-electron chi connectivity index (χ1n) is 6.57. The summed E-state index contributed by atoms with van der Waals surface area (Å²) in [6.45, 7) is -0.526. The highest BCUT2D eigenvalue weighted by molar-refractivity contribution is 5.98. The molecule has 1 aromatic rings. The Balaban J connectivity index is 2.04. The van der Waals surface area contributed by atoms with E-state index >= 15 is 0 Å². The third-order valence-electron chi connectivity index (χ3n) is 3.74. The Morgan fingerprint density at radius 3 is 2.74 bits per heavy atom. The van der Waals surface area contributed by atoms with Crippen LogP contribution >= 0.6 is 0 Å². The van der Waals surface area contributed by atoms with Gasteiger partial charge >= 0.3 is 11.7 Å². The zero-order valence-electron chi connectivity index (χ0n) is 11.6. The minimum atomic E-state index is -2.69. The van der Waals surface area contributed by atoms with E-state index in [0.717, 1.165) is 10.9 Å². The molecule has 3 heterocycles. The maximum atomic E-state index is 11.3. The fourth-order valence-electron chi connectivity index (χ4n) is 2.57. The second kappa shape index (κ2) is 5.14. The van der Waals surface area contributed by atoms with Crippen molar-refractivity contribution in [3.05, 3.63) is 12.0 Å². The van der Waals surface area contributed by atoms with Gasteiger partial charge in [0.15, 0.2) is 12.2 Å². The van der Waals surface area contributed by atoms with Gasteiger partial charge in [0.25, 0.3) is 0 Å². The summed E-state index contributed by atoms with van der Waals surface area (Å²) in [5.41, 5.74) is 2.45. The molecule has 3 rings (SSSR count). The summed E-state index contributed by atoms with van der Waals surface area (Å²) in [6, 6.07) is 0. The van der Waals surface area contributed by atoms with Gasteiger partial charge in [-0.05, 0) is 0 Å². The lowest BCUT2D eigenvalue weighted by atomic mass is 10.1. The molecule has 1 saturated heterocycles. The van der Waals surface area contributed by atoms with E-state index in [1.807, 2.05) is 0 Å². The van der Waals surface area contributed by atoms with Gasteiger partial charge in [0.1, 0.15) is 29.8 Å². The van der Waals surface area contributed by atoms with Gasteiger partial charge in [-0.15, -0.1) is 0 Å². The van der Waals surface area contributed by atoms with E-state index in [1.54, 1.807) is 0 Å². The lowest BCUT2D eigenvalue weighted by molar-refractivity contribution is -0.159. The number of nitrogens with two attached hydrogens (primary N) is 1. The summed E-state index contributed by atoms with van der Waals surface area (Å²) >= 11 is 0. The molecular formula is C11H15N5O7. The molecular weight excluding hydrogens is 314 g/mol. The molecule has 12 heteroatoms. The Morgan fingerprint density at radius 2 is 2.17 bits per heavy atom. The van der Waals surface area contributed by atoms with Crippen LogP contribution in [0, 0.1) is 0 Å². The minimum absolute atomic E-state index is 0.0581. The van der Waals surface area contributed by atoms with Crippen LogP contribution < -0.4 is 11.1 Å². The van der Waals surface area contributed by atoms with Gasteiger partial charge in [0.2, 0.25) is 0 Å². The monoisotopic (exact) mass is 329 g/mol. The number of carboxylic acids is 1. The predicted octanol–water partition coefficient (Wildman–Crippen LogP) is -3.54. The van der Waals surface area contributed by atoms with E-state index in [4.69, 9.17) is 20.7 Å². The van der Waals surface area contributed by atoms with Crippen molar-refractivity contribution in [2.45, 2.75) is 30.3 Å². The molecule has 0 radical (unpaired) electrons. The molecule has 12 nitrogen and oxygen atoms in total. The van der Waals surface area contributed by atoms with E-state index in [-0.39, 0.29) is 17.5 Å². The summed E-state index contributed by atoms with van der Waals surface area (Å²) in [7, 11) is 0. The zero-order chi connectivity index (χ0) is 16.9. The molecule has 0 aromatic carbocycles. The van der Waals surface area contributed by atoms with Crippen LogP contribution in [0.1, 0.15) is 11.9 Å². The number of aliphatic carboxylic acids is 1. The Kier molecular flexibility index (Phi) is 3.50. The number of ether oxygens (including phenoxy) is 1. The smallest absolute Gasteiger partial charge is 0.366 e. The largest absolute Gasteiger partial charge is 0.477 e. The van der Waals surface area contributed by atoms with Crippen molar-refractivity contribution < 1.29 is 35.1 Å². The molecule has 2 aliphatic rings. The molecule has 0 saturated carbocycles. The number of nitrogens with one attached hydrogen (secondary N) is 1. The number of aliphatic imine (C=N–C) groups is 1. The first-order chi connectivity index (χ1) is 10.8. The SMILES string of the molecule is NC1=NC(O)(C(=O)O)c2ncn([C@@H]3O[C@H](CO)[C@@H](O)[C@H]3O)c2N1. The van der Waals surface area contributed by atoms with Crippen molar-refractivity contribution in [3.8, 4) is 0 Å². The number of hydrogen-bond acceptors (Lipinski definition) is 10. The molecule has 0 amide bonds. The van der Waals surface area contributed by atoms with E-state index in [2.05, 4.69) is 15.3 Å². The Bertz CT molecular complexity index is 676. The fraction of sp³-hybridized carbons (Fsp3) is 0.545. The third-order valence-corrected chi connectivity index (χ3v) is 3.74. The Hall–Kier alpha value is -2.25. The van der Waals surface area contributed by atoms with Crippen LogP contribution in [0.3, 0.4) is 0 Å². The number of aromatic nitrogens is 2. The highest BCUT2D eigenvalue weighted by Gasteiger charge is 2.49. The normalized spacial score (nSPS) is 36.3. The maximum absolute atomic E-state index is 11.3. The standard InChI is InChI=1S/C11H15N5O7/c12-10-14-7-6(11(22,15-10)9(20)21)13-2-16(7)8-5(19)4(18)3(1-17)23-8/h2-5,8,17-19,22H,1H2,(H,20,21)(H3,12,14,15)/t3-,4-,5-,8-,11?/m1/s1. The van der Waals surface area contributed by atoms with Crippen LogP contribution in [0.4, 0.5) is 5.82 Å². The van der Waals surface area contributed by atoms with Crippen LogP contribution in [0.5, 0.6) is 0 Å². The van der Waals surface area contributed by atoms with Gasteiger partial charge in [0.05, 0.1) is 12.9 Å². The number of carbonyl (C=O) groups is 1. The first kappa shape index (κ1) is 15.6. The van der Waals surface area contributed by atoms with Gasteiger partial charge < -0.3 is 41.3 Å². The molecule has 8 N–H and O–H groups in total. The highest BCUT2D eigenvalue weighted by atomic mass is 16.6. The Labute approximate surface area is 128 Å². The van der Waals surface area contributed by atoms with E-state index in [0.29, 0.717) is 0 Å². The number of aliphatic hydroxyl groups is 4. The Morgan fingerprint density at radius 1 is 1.48 bits per heavy atom. The summed E-state index contributed by atoms with van der Waals surface area (Å²) < 4.78 is 6.49. The lowest BCUT2D eigenvalue weighted by Gasteiger charge is -2.26. The van der Waals surface area contributed by atoms with Gasteiger partial charge in [0, 0.05) is 0 Å². The number of fused-ring (bicyclic) bond motifs is 1. The number of carboxylic acid groups (broad SMARTS) is 1.